The van der Waals surface area contributed by atoms with Crippen LogP contribution in [0.1, 0.15) is 24.0 Å². The molecular formula is C19H25N3OS. The van der Waals surface area contributed by atoms with E-state index in [2.05, 4.69) is 56.6 Å². The fourth-order valence-corrected chi connectivity index (χ4v) is 3.77. The molecule has 1 atom stereocenters. The van der Waals surface area contributed by atoms with Gasteiger partial charge in [-0.05, 0) is 47.2 Å². The Hall–Kier alpha value is -1.85. The number of hydrogen-bond acceptors (Lipinski definition) is 3. The Bertz CT molecular complexity index is 615. The predicted octanol–water partition coefficient (Wildman–Crippen LogP) is 3.25. The van der Waals surface area contributed by atoms with Crippen molar-refractivity contribution in [1.29, 1.82) is 0 Å². The summed E-state index contributed by atoms with van der Waals surface area (Å²) in [6.07, 6.45) is 2.99. The molecule has 2 N–H and O–H groups in total. The van der Waals surface area contributed by atoms with Gasteiger partial charge in [0.2, 0.25) is 0 Å². The maximum atomic E-state index is 12.0. The molecule has 0 aliphatic carbocycles. The van der Waals surface area contributed by atoms with E-state index in [1.807, 2.05) is 6.07 Å². The molecule has 1 aliphatic heterocycles. The van der Waals surface area contributed by atoms with Gasteiger partial charge in [0.1, 0.15) is 0 Å². The second kappa shape index (κ2) is 8.85. The van der Waals surface area contributed by atoms with Crippen LogP contribution in [0, 0.1) is 0 Å². The number of nitrogens with zero attached hydrogens (tertiary/aromatic N) is 1. The normalized spacial score (nSPS) is 17.8. The average molecular weight is 343 g/mol. The number of amides is 2. The van der Waals surface area contributed by atoms with Crippen LogP contribution in [0.5, 0.6) is 0 Å². The first-order valence-electron chi connectivity index (χ1n) is 8.61. The summed E-state index contributed by atoms with van der Waals surface area (Å²) in [4.78, 5) is 14.4. The number of thiophene rings is 1. The van der Waals surface area contributed by atoms with E-state index in [0.29, 0.717) is 6.54 Å². The maximum Gasteiger partial charge on any atom is 0.315 e. The largest absolute Gasteiger partial charge is 0.338 e. The molecule has 1 aromatic carbocycles. The molecule has 0 unspecified atom stereocenters. The Kier molecular flexibility index (Phi) is 6.26. The fourth-order valence-electron chi connectivity index (χ4n) is 3.11. The highest BCUT2D eigenvalue weighted by molar-refractivity contribution is 7.07. The lowest BCUT2D eigenvalue weighted by Gasteiger charge is -2.16. The monoisotopic (exact) mass is 343 g/mol. The molecule has 0 saturated carbocycles. The van der Waals surface area contributed by atoms with Crippen molar-refractivity contribution in [1.82, 2.24) is 15.5 Å². The third kappa shape index (κ3) is 5.35. The van der Waals surface area contributed by atoms with E-state index in [1.165, 1.54) is 11.1 Å². The molecule has 0 radical (unpaired) electrons. The average Bonchev–Trinajstić information content (AvgIpc) is 3.25. The number of urea groups is 1. The van der Waals surface area contributed by atoms with Crippen molar-refractivity contribution in [3.63, 3.8) is 0 Å². The van der Waals surface area contributed by atoms with Crippen molar-refractivity contribution < 1.29 is 4.79 Å². The Labute approximate surface area is 147 Å². The highest BCUT2D eigenvalue weighted by Gasteiger charge is 2.23. The summed E-state index contributed by atoms with van der Waals surface area (Å²) in [5.74, 6) is 0. The predicted molar refractivity (Wildman–Crippen MR) is 99.3 cm³/mol. The van der Waals surface area contributed by atoms with Gasteiger partial charge in [-0.1, -0.05) is 30.3 Å². The van der Waals surface area contributed by atoms with Crippen molar-refractivity contribution in [2.75, 3.05) is 19.6 Å². The van der Waals surface area contributed by atoms with Crippen molar-refractivity contribution in [3.05, 3.63) is 58.3 Å². The van der Waals surface area contributed by atoms with Crippen LogP contribution in [0.3, 0.4) is 0 Å². The Balaban J connectivity index is 1.29. The number of nitrogens with one attached hydrogen (secondary N) is 2. The lowest BCUT2D eigenvalue weighted by molar-refractivity contribution is 0.236. The summed E-state index contributed by atoms with van der Waals surface area (Å²) in [7, 11) is 0. The van der Waals surface area contributed by atoms with Crippen molar-refractivity contribution >= 4 is 17.4 Å². The van der Waals surface area contributed by atoms with Gasteiger partial charge >= 0.3 is 6.03 Å². The fraction of sp³-hybridized carbons (Fsp3) is 0.421. The Morgan fingerprint density at radius 3 is 2.88 bits per heavy atom. The van der Waals surface area contributed by atoms with Crippen LogP contribution in [-0.4, -0.2) is 36.6 Å². The summed E-state index contributed by atoms with van der Waals surface area (Å²) in [5.41, 5.74) is 2.69. The van der Waals surface area contributed by atoms with Gasteiger partial charge in [-0.15, -0.1) is 0 Å². The number of benzene rings is 1. The molecule has 128 valence electrons. The first-order chi connectivity index (χ1) is 11.8. The molecule has 4 nitrogen and oxygen atoms in total. The van der Waals surface area contributed by atoms with E-state index in [0.717, 1.165) is 38.9 Å². The molecule has 3 rings (SSSR count). The van der Waals surface area contributed by atoms with E-state index in [-0.39, 0.29) is 12.1 Å². The SMILES string of the molecule is O=C(NCCCc1ccccc1)N[C@@H]1CCN(Cc2ccsc2)C1. The number of likely N-dealkylation sites (tertiary alicyclic amines) is 1. The smallest absolute Gasteiger partial charge is 0.315 e. The topological polar surface area (TPSA) is 44.4 Å². The Morgan fingerprint density at radius 2 is 2.08 bits per heavy atom. The van der Waals surface area contributed by atoms with Gasteiger partial charge in [-0.2, -0.15) is 11.3 Å². The first kappa shape index (κ1) is 17.0. The molecular weight excluding hydrogens is 318 g/mol. The number of rotatable bonds is 7. The highest BCUT2D eigenvalue weighted by atomic mass is 32.1. The molecule has 0 spiro atoms. The number of carbonyl (C=O) groups is 1. The van der Waals surface area contributed by atoms with E-state index in [4.69, 9.17) is 0 Å². The van der Waals surface area contributed by atoms with Crippen molar-refractivity contribution in [2.24, 2.45) is 0 Å². The minimum atomic E-state index is -0.0366. The zero-order valence-corrected chi connectivity index (χ0v) is 14.7. The number of carbonyl (C=O) groups excluding carboxylic acids is 1. The minimum absolute atomic E-state index is 0.0366. The zero-order valence-electron chi connectivity index (χ0n) is 13.9. The van der Waals surface area contributed by atoms with E-state index < -0.39 is 0 Å². The second-order valence-electron chi connectivity index (χ2n) is 6.34. The standard InChI is InChI=1S/C19H25N3OS/c23-19(20-10-4-7-16-5-2-1-3-6-16)21-18-8-11-22(14-18)13-17-9-12-24-15-17/h1-3,5-6,9,12,15,18H,4,7-8,10-11,13-14H2,(H2,20,21,23)/t18-/m1/s1. The number of aryl methyl sites for hydroxylation is 1. The summed E-state index contributed by atoms with van der Waals surface area (Å²) in [6, 6.07) is 12.8. The van der Waals surface area contributed by atoms with Gasteiger partial charge in [0.15, 0.2) is 0 Å². The highest BCUT2D eigenvalue weighted by Crippen LogP contribution is 2.15. The van der Waals surface area contributed by atoms with Crippen LogP contribution in [0.15, 0.2) is 47.2 Å². The molecule has 2 amide bonds. The van der Waals surface area contributed by atoms with Gasteiger partial charge in [0.25, 0.3) is 0 Å². The van der Waals surface area contributed by atoms with E-state index in [9.17, 15) is 4.79 Å². The van der Waals surface area contributed by atoms with Crippen LogP contribution in [0.25, 0.3) is 0 Å². The van der Waals surface area contributed by atoms with Gasteiger partial charge in [-0.25, -0.2) is 4.79 Å². The molecule has 2 heterocycles. The minimum Gasteiger partial charge on any atom is -0.338 e. The van der Waals surface area contributed by atoms with E-state index >= 15 is 0 Å². The third-order valence-corrected chi connectivity index (χ3v) is 5.10. The second-order valence-corrected chi connectivity index (χ2v) is 7.12. The van der Waals surface area contributed by atoms with Crippen molar-refractivity contribution in [2.45, 2.75) is 31.8 Å². The third-order valence-electron chi connectivity index (χ3n) is 4.36. The lowest BCUT2D eigenvalue weighted by Crippen LogP contribution is -2.43. The van der Waals surface area contributed by atoms with Gasteiger partial charge < -0.3 is 10.6 Å². The molecule has 24 heavy (non-hydrogen) atoms. The number of hydrogen-bond donors (Lipinski definition) is 2. The van der Waals surface area contributed by atoms with Gasteiger partial charge in [0, 0.05) is 32.2 Å². The van der Waals surface area contributed by atoms with Crippen LogP contribution >= 0.6 is 11.3 Å². The summed E-state index contributed by atoms with van der Waals surface area (Å²) in [6.45, 7) is 3.69. The quantitative estimate of drug-likeness (QED) is 0.758. The summed E-state index contributed by atoms with van der Waals surface area (Å²) < 4.78 is 0. The van der Waals surface area contributed by atoms with Crippen LogP contribution in [-0.2, 0) is 13.0 Å². The zero-order chi connectivity index (χ0) is 16.6. The van der Waals surface area contributed by atoms with Gasteiger partial charge in [-0.3, -0.25) is 4.90 Å². The van der Waals surface area contributed by atoms with E-state index in [1.54, 1.807) is 11.3 Å². The molecule has 1 aliphatic rings. The molecule has 1 fully saturated rings. The van der Waals surface area contributed by atoms with Crippen molar-refractivity contribution in [3.8, 4) is 0 Å². The van der Waals surface area contributed by atoms with Gasteiger partial charge in [0.05, 0.1) is 0 Å². The Morgan fingerprint density at radius 1 is 1.21 bits per heavy atom. The summed E-state index contributed by atoms with van der Waals surface area (Å²) >= 11 is 1.74. The lowest BCUT2D eigenvalue weighted by atomic mass is 10.1. The molecule has 2 aromatic rings. The molecule has 0 bridgehead atoms. The summed E-state index contributed by atoms with van der Waals surface area (Å²) in [5, 5.41) is 10.4. The van der Waals surface area contributed by atoms with Crippen LogP contribution < -0.4 is 10.6 Å². The first-order valence-corrected chi connectivity index (χ1v) is 9.55. The maximum absolute atomic E-state index is 12.0. The molecule has 1 aromatic heterocycles. The van der Waals surface area contributed by atoms with Crippen LogP contribution in [0.2, 0.25) is 0 Å². The molecule has 5 heteroatoms. The molecule has 1 saturated heterocycles. The van der Waals surface area contributed by atoms with Crippen LogP contribution in [0.4, 0.5) is 4.79 Å².